The number of ether oxygens (including phenoxy) is 14. The van der Waals surface area contributed by atoms with Crippen LogP contribution in [0.25, 0.3) is 11.4 Å². The first kappa shape index (κ1) is 63.1. The Bertz CT molecular complexity index is 2620. The molecule has 0 unspecified atom stereocenters. The van der Waals surface area contributed by atoms with Crippen molar-refractivity contribution in [2.75, 3.05) is 26.4 Å². The van der Waals surface area contributed by atoms with Crippen LogP contribution in [0.15, 0.2) is 84.9 Å². The Morgan fingerprint density at radius 1 is 0.402 bits per heavy atom. The number of aromatic nitrogens is 2. The molecule has 0 bridgehead atoms. The van der Waals surface area contributed by atoms with Crippen LogP contribution in [0.5, 0.6) is 11.5 Å². The molecule has 0 saturated carbocycles. The average molecular weight is 1150 g/mol. The van der Waals surface area contributed by atoms with Gasteiger partial charge in [-0.2, -0.15) is 0 Å². The molecule has 2 fully saturated rings. The van der Waals surface area contributed by atoms with Gasteiger partial charge in [-0.1, -0.05) is 36.4 Å². The Labute approximate surface area is 473 Å². The van der Waals surface area contributed by atoms with E-state index in [-0.39, 0.29) is 39.6 Å². The molecule has 24 nitrogen and oxygen atoms in total. The minimum absolute atomic E-state index is 0.120. The van der Waals surface area contributed by atoms with E-state index < -0.39 is 109 Å². The molecular weight excluding hydrogens is 1080 g/mol. The smallest absolute Gasteiger partial charge is 0.303 e. The Morgan fingerprint density at radius 2 is 0.732 bits per heavy atom. The summed E-state index contributed by atoms with van der Waals surface area (Å²) in [6.45, 7) is 9.20. The van der Waals surface area contributed by atoms with Crippen molar-refractivity contribution >= 4 is 47.8 Å². The highest BCUT2D eigenvalue weighted by molar-refractivity contribution is 5.70. The van der Waals surface area contributed by atoms with Gasteiger partial charge in [0.15, 0.2) is 49.2 Å². The molecule has 4 aromatic rings. The highest BCUT2D eigenvalue weighted by Gasteiger charge is 2.54. The van der Waals surface area contributed by atoms with Gasteiger partial charge in [-0.15, -0.1) is 0 Å². The Morgan fingerprint density at radius 3 is 1.06 bits per heavy atom. The maximum Gasteiger partial charge on any atom is 0.303 e. The van der Waals surface area contributed by atoms with Gasteiger partial charge < -0.3 is 66.3 Å². The molecule has 0 aliphatic carbocycles. The van der Waals surface area contributed by atoms with Crippen LogP contribution in [0.1, 0.15) is 90.7 Å². The molecule has 82 heavy (non-hydrogen) atoms. The second-order valence-corrected chi connectivity index (χ2v) is 19.0. The molecule has 0 radical (unpaired) electrons. The molecule has 2 aromatic heterocycles. The van der Waals surface area contributed by atoms with Crippen LogP contribution in [-0.2, 0) is 121 Å². The van der Waals surface area contributed by atoms with E-state index in [1.807, 2.05) is 84.9 Å². The molecule has 4 heterocycles. The summed E-state index contributed by atoms with van der Waals surface area (Å²) < 4.78 is 79.2. The molecule has 6 rings (SSSR count). The summed E-state index contributed by atoms with van der Waals surface area (Å²) in [5, 5.41) is 0. The number of nitrogens with zero attached hydrogens (tertiary/aromatic N) is 2. The summed E-state index contributed by atoms with van der Waals surface area (Å²) in [4.78, 5) is 106. The van der Waals surface area contributed by atoms with Crippen LogP contribution in [0, 0.1) is 0 Å². The lowest BCUT2D eigenvalue weighted by molar-refractivity contribution is -0.308. The van der Waals surface area contributed by atoms with E-state index >= 15 is 0 Å². The zero-order valence-electron chi connectivity index (χ0n) is 46.8. The van der Waals surface area contributed by atoms with Gasteiger partial charge in [-0.3, -0.25) is 38.4 Å². The normalized spacial score (nSPS) is 22.0. The third-order valence-electron chi connectivity index (χ3n) is 12.2. The molecule has 24 heteroatoms. The number of rotatable bonds is 27. The molecular formula is C58H68N2O22. The van der Waals surface area contributed by atoms with Crippen molar-refractivity contribution < 1.29 is 105 Å². The summed E-state index contributed by atoms with van der Waals surface area (Å²) in [7, 11) is 0. The summed E-state index contributed by atoms with van der Waals surface area (Å²) >= 11 is 0. The van der Waals surface area contributed by atoms with Crippen LogP contribution in [-0.4, -0.2) is 146 Å². The number of hydrogen-bond acceptors (Lipinski definition) is 24. The molecule has 0 amide bonds. The van der Waals surface area contributed by atoms with Crippen LogP contribution >= 0.6 is 0 Å². The van der Waals surface area contributed by atoms with Gasteiger partial charge in [-0.25, -0.2) is 9.97 Å². The summed E-state index contributed by atoms with van der Waals surface area (Å²) in [6, 6.07) is 26.2. The van der Waals surface area contributed by atoms with Gasteiger partial charge in [0.2, 0.25) is 0 Å². The van der Waals surface area contributed by atoms with Crippen molar-refractivity contribution in [1.82, 2.24) is 9.97 Å². The quantitative estimate of drug-likeness (QED) is 0.0412. The van der Waals surface area contributed by atoms with E-state index in [2.05, 4.69) is 0 Å². The fourth-order valence-electron chi connectivity index (χ4n) is 8.82. The van der Waals surface area contributed by atoms with Crippen molar-refractivity contribution in [3.8, 4) is 22.9 Å². The topological polar surface area (TPSA) is 292 Å². The maximum atomic E-state index is 12.2. The third kappa shape index (κ3) is 20.2. The number of benzene rings is 2. The first-order valence-corrected chi connectivity index (χ1v) is 26.4. The van der Waals surface area contributed by atoms with Crippen molar-refractivity contribution in [3.05, 3.63) is 107 Å². The Kier molecular flexibility index (Phi) is 24.0. The van der Waals surface area contributed by atoms with E-state index in [4.69, 9.17) is 76.3 Å². The van der Waals surface area contributed by atoms with Crippen molar-refractivity contribution in [2.45, 2.75) is 156 Å². The molecule has 2 aromatic carbocycles. The highest BCUT2D eigenvalue weighted by atomic mass is 16.7. The summed E-state index contributed by atoms with van der Waals surface area (Å²) in [6.07, 6.45) is -10.4. The van der Waals surface area contributed by atoms with E-state index in [1.54, 1.807) is 0 Å². The number of carbonyl (C=O) groups is 8. The minimum atomic E-state index is -1.32. The predicted octanol–water partition coefficient (Wildman–Crippen LogP) is 5.37. The number of pyridine rings is 2. The molecule has 2 aliphatic heterocycles. The zero-order chi connectivity index (χ0) is 59.3. The zero-order valence-corrected chi connectivity index (χ0v) is 46.8. The minimum Gasteiger partial charge on any atom is -0.487 e. The lowest BCUT2D eigenvalue weighted by Crippen LogP contribution is -2.63. The van der Waals surface area contributed by atoms with Gasteiger partial charge in [0, 0.05) is 55.4 Å². The monoisotopic (exact) mass is 1140 g/mol. The highest BCUT2D eigenvalue weighted by Crippen LogP contribution is 2.32. The van der Waals surface area contributed by atoms with E-state index in [0.29, 0.717) is 60.0 Å². The van der Waals surface area contributed by atoms with Crippen LogP contribution in [0.4, 0.5) is 0 Å². The van der Waals surface area contributed by atoms with E-state index in [9.17, 15) is 38.4 Å². The van der Waals surface area contributed by atoms with Crippen LogP contribution in [0.3, 0.4) is 0 Å². The SMILES string of the molecule is CC(=O)OC[C@H]1O[C@@H](OCCCc2ccc(OCc3cccc(-c4cccc(COc5ccc(CCCO[C@@H]6O[C@H](COC(C)=O)[C@H](OC(C)=O)[C@H](OC(C)=O)[C@H]6OC(C)=O)cc5)n4)n3)cc2)[C@H](OC(C)=O)[C@@H](OC(C)=O)[C@H]1OC(C)=O. The third-order valence-corrected chi connectivity index (χ3v) is 12.2. The second kappa shape index (κ2) is 31.2. The largest absolute Gasteiger partial charge is 0.487 e. The number of aryl methyl sites for hydroxylation is 2. The second-order valence-electron chi connectivity index (χ2n) is 19.0. The van der Waals surface area contributed by atoms with Crippen LogP contribution in [0.2, 0.25) is 0 Å². The molecule has 442 valence electrons. The fourth-order valence-corrected chi connectivity index (χ4v) is 8.82. The molecule has 10 atom stereocenters. The lowest BCUT2D eigenvalue weighted by Gasteiger charge is -2.44. The van der Waals surface area contributed by atoms with Crippen LogP contribution < -0.4 is 9.47 Å². The standard InChI is InChI=1S/C58H68N2O22/c1-33(61)71-31-49-51(75-35(3)63)53(77-37(5)65)55(79-39(7)67)57(81-49)69-27-11-13-41-19-23-45(24-20-41)73-29-43-15-9-17-47(59-43)48-18-10-16-44(60-48)30-74-46-25-21-42(22-26-46)14-12-28-70-58-56(80-40(8)68)54(78-38(6)66)52(76-36(4)64)50(82-58)32-72-34(2)62/h9-10,15-26,49-58H,11-14,27-32H2,1-8H3/t49-,50-,51+,52+,53+,54+,55-,56-,57-,58-/m1/s1. The maximum absolute atomic E-state index is 12.2. The van der Waals surface area contributed by atoms with Gasteiger partial charge in [0.1, 0.15) is 50.1 Å². The van der Waals surface area contributed by atoms with Gasteiger partial charge in [0.25, 0.3) is 0 Å². The summed E-state index contributed by atoms with van der Waals surface area (Å²) in [5.74, 6) is -4.38. The Hall–Kier alpha value is -8.06. The number of hydrogen-bond donors (Lipinski definition) is 0. The Balaban J connectivity index is 0.963. The number of carbonyl (C=O) groups excluding carboxylic acids is 8. The van der Waals surface area contributed by atoms with Crippen molar-refractivity contribution in [3.63, 3.8) is 0 Å². The number of esters is 8. The fraction of sp³-hybridized carbons (Fsp3) is 0.483. The average Bonchev–Trinajstić information content (AvgIpc) is 3.54. The van der Waals surface area contributed by atoms with E-state index in [1.165, 1.54) is 13.8 Å². The molecule has 2 saturated heterocycles. The molecule has 2 aliphatic rings. The van der Waals surface area contributed by atoms with E-state index in [0.717, 1.165) is 52.7 Å². The first-order chi connectivity index (χ1) is 39.2. The van der Waals surface area contributed by atoms with Crippen molar-refractivity contribution in [1.29, 1.82) is 0 Å². The lowest BCUT2D eigenvalue weighted by atomic mass is 9.98. The van der Waals surface area contributed by atoms with Gasteiger partial charge >= 0.3 is 47.8 Å². The van der Waals surface area contributed by atoms with Gasteiger partial charge in [0.05, 0.1) is 36.0 Å². The first-order valence-electron chi connectivity index (χ1n) is 26.4. The molecule has 0 spiro atoms. The predicted molar refractivity (Wildman–Crippen MR) is 281 cm³/mol. The summed E-state index contributed by atoms with van der Waals surface area (Å²) in [5.41, 5.74) is 4.59. The van der Waals surface area contributed by atoms with Gasteiger partial charge in [-0.05, 0) is 85.3 Å². The van der Waals surface area contributed by atoms with Crippen molar-refractivity contribution in [2.24, 2.45) is 0 Å². The molecule has 0 N–H and O–H groups in total.